The third kappa shape index (κ3) is 3.68. The van der Waals surface area contributed by atoms with Gasteiger partial charge >= 0.3 is 0 Å². The van der Waals surface area contributed by atoms with Gasteiger partial charge in [-0.1, -0.05) is 24.3 Å². The maximum atomic E-state index is 5.87. The van der Waals surface area contributed by atoms with Gasteiger partial charge in [0, 0.05) is 35.9 Å². The first-order valence-corrected chi connectivity index (χ1v) is 10.1. The highest BCUT2D eigenvalue weighted by Crippen LogP contribution is 2.27. The standard InChI is InChI=1S/C24H14N8O/c1-2-6-18-17(5-1)29-24(33-18)16-9-7-15(8-10-16)19-30-22(20-25-11-3-12-26-20)32-23(31-19)21-27-13-4-14-28-21/h1-14H. The second-order valence-electron chi connectivity index (χ2n) is 7.02. The summed E-state index contributed by atoms with van der Waals surface area (Å²) in [5, 5.41) is 0. The fraction of sp³-hybridized carbons (Fsp3) is 0. The zero-order chi connectivity index (χ0) is 22.0. The Morgan fingerprint density at radius 2 is 1.00 bits per heavy atom. The molecule has 0 unspecified atom stereocenters. The van der Waals surface area contributed by atoms with Crippen LogP contribution in [-0.2, 0) is 0 Å². The Labute approximate surface area is 187 Å². The Hall–Kier alpha value is -4.92. The van der Waals surface area contributed by atoms with Crippen molar-refractivity contribution in [1.29, 1.82) is 0 Å². The summed E-state index contributed by atoms with van der Waals surface area (Å²) in [6, 6.07) is 18.8. The minimum Gasteiger partial charge on any atom is -0.436 e. The fourth-order valence-electron chi connectivity index (χ4n) is 3.29. The van der Waals surface area contributed by atoms with Crippen molar-refractivity contribution in [2.75, 3.05) is 0 Å². The predicted molar refractivity (Wildman–Crippen MR) is 120 cm³/mol. The van der Waals surface area contributed by atoms with E-state index in [-0.39, 0.29) is 0 Å². The van der Waals surface area contributed by atoms with Gasteiger partial charge in [-0.3, -0.25) is 0 Å². The van der Waals surface area contributed by atoms with E-state index in [2.05, 4.69) is 39.9 Å². The molecule has 156 valence electrons. The quantitative estimate of drug-likeness (QED) is 0.404. The molecule has 4 heterocycles. The van der Waals surface area contributed by atoms with E-state index < -0.39 is 0 Å². The smallest absolute Gasteiger partial charge is 0.227 e. The zero-order valence-electron chi connectivity index (χ0n) is 17.1. The lowest BCUT2D eigenvalue weighted by molar-refractivity contribution is 0.620. The van der Waals surface area contributed by atoms with Crippen LogP contribution < -0.4 is 0 Å². The number of oxazole rings is 1. The molecule has 0 N–H and O–H groups in total. The van der Waals surface area contributed by atoms with E-state index in [0.29, 0.717) is 35.0 Å². The van der Waals surface area contributed by atoms with Crippen LogP contribution in [0.1, 0.15) is 0 Å². The molecule has 0 aliphatic rings. The summed E-state index contributed by atoms with van der Waals surface area (Å²) >= 11 is 0. The second-order valence-corrected chi connectivity index (χ2v) is 7.02. The summed E-state index contributed by atoms with van der Waals surface area (Å²) < 4.78 is 5.87. The molecule has 0 radical (unpaired) electrons. The monoisotopic (exact) mass is 430 g/mol. The normalized spacial score (nSPS) is 11.0. The lowest BCUT2D eigenvalue weighted by Gasteiger charge is -2.06. The van der Waals surface area contributed by atoms with Crippen LogP contribution in [0.2, 0.25) is 0 Å². The van der Waals surface area contributed by atoms with Crippen LogP contribution >= 0.6 is 0 Å². The number of benzene rings is 2. The van der Waals surface area contributed by atoms with Crippen LogP contribution in [0.25, 0.3) is 57.2 Å². The molecule has 33 heavy (non-hydrogen) atoms. The van der Waals surface area contributed by atoms with Crippen molar-refractivity contribution in [3.05, 3.63) is 85.5 Å². The number of para-hydroxylation sites is 2. The van der Waals surface area contributed by atoms with Crippen LogP contribution in [0.15, 0.2) is 89.9 Å². The first-order valence-electron chi connectivity index (χ1n) is 10.1. The Morgan fingerprint density at radius 3 is 1.61 bits per heavy atom. The minimum absolute atomic E-state index is 0.339. The molecule has 0 saturated heterocycles. The van der Waals surface area contributed by atoms with Crippen molar-refractivity contribution in [3.8, 4) is 46.1 Å². The Morgan fingerprint density at radius 1 is 0.455 bits per heavy atom. The Bertz CT molecular complexity index is 1460. The molecular weight excluding hydrogens is 416 g/mol. The molecule has 0 spiro atoms. The number of hydrogen-bond donors (Lipinski definition) is 0. The molecule has 2 aromatic carbocycles. The first-order chi connectivity index (χ1) is 16.3. The number of hydrogen-bond acceptors (Lipinski definition) is 9. The number of aromatic nitrogens is 8. The molecule has 0 atom stereocenters. The van der Waals surface area contributed by atoms with E-state index in [9.17, 15) is 0 Å². The highest BCUT2D eigenvalue weighted by atomic mass is 16.3. The van der Waals surface area contributed by atoms with Crippen molar-refractivity contribution >= 4 is 11.1 Å². The van der Waals surface area contributed by atoms with E-state index in [0.717, 1.165) is 22.2 Å². The van der Waals surface area contributed by atoms with Gasteiger partial charge in [0.1, 0.15) is 5.52 Å². The van der Waals surface area contributed by atoms with Gasteiger partial charge in [-0.05, 0) is 36.4 Å². The molecule has 6 aromatic rings. The molecule has 9 nitrogen and oxygen atoms in total. The zero-order valence-corrected chi connectivity index (χ0v) is 17.1. The molecule has 0 aliphatic carbocycles. The third-order valence-corrected chi connectivity index (χ3v) is 4.85. The SMILES string of the molecule is c1cnc(-c2nc(-c3ccc(-c4nc5ccccc5o4)cc3)nc(-c3ncccn3)n2)nc1. The lowest BCUT2D eigenvalue weighted by atomic mass is 10.1. The highest BCUT2D eigenvalue weighted by Gasteiger charge is 2.15. The predicted octanol–water partition coefficient (Wildman–Crippen LogP) is 4.26. The third-order valence-electron chi connectivity index (χ3n) is 4.85. The molecule has 0 amide bonds. The summed E-state index contributed by atoms with van der Waals surface area (Å²) in [7, 11) is 0. The molecular formula is C24H14N8O. The van der Waals surface area contributed by atoms with Gasteiger partial charge in [0.2, 0.25) is 17.5 Å². The Balaban J connectivity index is 1.43. The van der Waals surface area contributed by atoms with Crippen LogP contribution in [0.3, 0.4) is 0 Å². The van der Waals surface area contributed by atoms with Gasteiger partial charge < -0.3 is 4.42 Å². The van der Waals surface area contributed by atoms with E-state index in [1.54, 1.807) is 36.9 Å². The molecule has 0 saturated carbocycles. The lowest BCUT2D eigenvalue weighted by Crippen LogP contribution is -2.03. The topological polar surface area (TPSA) is 116 Å². The number of fused-ring (bicyclic) bond motifs is 1. The van der Waals surface area contributed by atoms with Gasteiger partial charge in [-0.25, -0.2) is 39.9 Å². The highest BCUT2D eigenvalue weighted by molar-refractivity contribution is 5.76. The van der Waals surface area contributed by atoms with Crippen LogP contribution in [0.4, 0.5) is 0 Å². The van der Waals surface area contributed by atoms with Crippen molar-refractivity contribution < 1.29 is 4.42 Å². The maximum Gasteiger partial charge on any atom is 0.227 e. The van der Waals surface area contributed by atoms with E-state index in [1.807, 2.05) is 48.5 Å². The average Bonchev–Trinajstić information content (AvgIpc) is 3.34. The average molecular weight is 430 g/mol. The summed E-state index contributed by atoms with van der Waals surface area (Å²) in [6.45, 7) is 0. The van der Waals surface area contributed by atoms with Gasteiger partial charge in [-0.15, -0.1) is 0 Å². The largest absolute Gasteiger partial charge is 0.436 e. The van der Waals surface area contributed by atoms with Gasteiger partial charge in [0.05, 0.1) is 0 Å². The number of nitrogens with zero attached hydrogens (tertiary/aromatic N) is 8. The molecule has 9 heteroatoms. The van der Waals surface area contributed by atoms with E-state index in [4.69, 9.17) is 4.42 Å². The molecule has 6 rings (SSSR count). The summed E-state index contributed by atoms with van der Waals surface area (Å²) in [6.07, 6.45) is 6.55. The molecule has 4 aromatic heterocycles. The van der Waals surface area contributed by atoms with Crippen LogP contribution in [0, 0.1) is 0 Å². The summed E-state index contributed by atoms with van der Waals surface area (Å²) in [5.74, 6) is 2.47. The summed E-state index contributed by atoms with van der Waals surface area (Å²) in [5.41, 5.74) is 3.19. The molecule has 0 bridgehead atoms. The van der Waals surface area contributed by atoms with Crippen molar-refractivity contribution in [2.45, 2.75) is 0 Å². The second kappa shape index (κ2) is 7.97. The maximum absolute atomic E-state index is 5.87. The Kier molecular flexibility index (Phi) is 4.54. The van der Waals surface area contributed by atoms with Gasteiger partial charge in [-0.2, -0.15) is 0 Å². The van der Waals surface area contributed by atoms with E-state index in [1.165, 1.54) is 0 Å². The fourth-order valence-corrected chi connectivity index (χ4v) is 3.29. The summed E-state index contributed by atoms with van der Waals surface area (Å²) in [4.78, 5) is 35.3. The van der Waals surface area contributed by atoms with Gasteiger partial charge in [0.15, 0.2) is 23.1 Å². The first kappa shape index (κ1) is 18.8. The van der Waals surface area contributed by atoms with Gasteiger partial charge in [0.25, 0.3) is 0 Å². The van der Waals surface area contributed by atoms with Crippen molar-refractivity contribution in [1.82, 2.24) is 39.9 Å². The molecule has 0 aliphatic heterocycles. The number of rotatable bonds is 4. The molecule has 0 fully saturated rings. The van der Waals surface area contributed by atoms with Crippen LogP contribution in [-0.4, -0.2) is 39.9 Å². The van der Waals surface area contributed by atoms with Crippen molar-refractivity contribution in [3.63, 3.8) is 0 Å². The minimum atomic E-state index is 0.339. The van der Waals surface area contributed by atoms with E-state index >= 15 is 0 Å². The van der Waals surface area contributed by atoms with Crippen LogP contribution in [0.5, 0.6) is 0 Å². The van der Waals surface area contributed by atoms with Crippen molar-refractivity contribution in [2.24, 2.45) is 0 Å².